The maximum absolute atomic E-state index is 2.37. The fraction of sp³-hybridized carbons (Fsp3) is 0.250. The zero-order chi connectivity index (χ0) is 6.69. The summed E-state index contributed by atoms with van der Waals surface area (Å²) in [6, 6.07) is 10.8. The Labute approximate surface area is 62.7 Å². The fourth-order valence-corrected chi connectivity index (χ4v) is 2.11. The van der Waals surface area contributed by atoms with Crippen LogP contribution in [0.5, 0.6) is 0 Å². The first-order chi connectivity index (χ1) is 4.30. The summed E-state index contributed by atoms with van der Waals surface area (Å²) in [7, 11) is 0. The Hall–Kier alpha value is -0.0657. The molecule has 9 heavy (non-hydrogen) atoms. The van der Waals surface area contributed by atoms with Crippen molar-refractivity contribution >= 4 is 3.87 Å². The molecule has 47 valence electrons. The molecule has 0 spiro atoms. The van der Waals surface area contributed by atoms with E-state index in [4.69, 9.17) is 0 Å². The Balaban J connectivity index is 2.85. The van der Waals surface area contributed by atoms with Gasteiger partial charge in [-0.05, 0) is 0 Å². The Morgan fingerprint density at radius 3 is 1.89 bits per heavy atom. The molecule has 0 aliphatic carbocycles. The standard InChI is InChI=1S/C6H5.2CH3.Ti/c1-2-4-6-5-3-1;;;/h1-5H;2*1H3;. The van der Waals surface area contributed by atoms with E-state index in [9.17, 15) is 0 Å². The molecule has 0 bridgehead atoms. The molecule has 1 rings (SSSR count). The Morgan fingerprint density at radius 2 is 1.56 bits per heavy atom. The quantitative estimate of drug-likeness (QED) is 0.544. The molecule has 0 atom stereocenters. The summed E-state index contributed by atoms with van der Waals surface area (Å²) in [6.45, 7) is 0. The summed E-state index contributed by atoms with van der Waals surface area (Å²) in [5, 5.41) is 4.74. The van der Waals surface area contributed by atoms with Crippen molar-refractivity contribution in [1.29, 1.82) is 0 Å². The van der Waals surface area contributed by atoms with E-state index in [0.717, 1.165) is 0 Å². The average molecular weight is 155 g/mol. The number of hydrogen-bond donors (Lipinski definition) is 0. The van der Waals surface area contributed by atoms with E-state index in [-0.39, 0.29) is 0 Å². The van der Waals surface area contributed by atoms with E-state index in [1.165, 1.54) is 0 Å². The molecule has 0 aliphatic heterocycles. The molecule has 0 heterocycles. The van der Waals surface area contributed by atoms with Crippen LogP contribution in [0.2, 0.25) is 10.5 Å². The average Bonchev–Trinajstić information content (AvgIpc) is 1.90. The van der Waals surface area contributed by atoms with Crippen molar-refractivity contribution < 1.29 is 17.9 Å². The van der Waals surface area contributed by atoms with Crippen molar-refractivity contribution in [2.45, 2.75) is 10.5 Å². The van der Waals surface area contributed by atoms with Gasteiger partial charge in [0, 0.05) is 0 Å². The van der Waals surface area contributed by atoms with Crippen molar-refractivity contribution in [2.24, 2.45) is 0 Å². The van der Waals surface area contributed by atoms with E-state index >= 15 is 0 Å². The van der Waals surface area contributed by atoms with Gasteiger partial charge in [0.2, 0.25) is 0 Å². The molecule has 1 aromatic carbocycles. The van der Waals surface area contributed by atoms with Gasteiger partial charge in [0.05, 0.1) is 0 Å². The third-order valence-electron chi connectivity index (χ3n) is 1.35. The molecule has 1 heteroatoms. The van der Waals surface area contributed by atoms with E-state index in [2.05, 4.69) is 40.8 Å². The predicted octanol–water partition coefficient (Wildman–Crippen LogP) is 2.03. The molecule has 0 saturated carbocycles. The summed E-state index contributed by atoms with van der Waals surface area (Å²) in [6.07, 6.45) is 0. The molecular formula is C8H11Ti. The van der Waals surface area contributed by atoms with Crippen LogP contribution in [0, 0.1) is 0 Å². The third kappa shape index (κ3) is 1.96. The molecule has 0 aromatic heterocycles. The zero-order valence-electron chi connectivity index (χ0n) is 5.89. The molecule has 0 saturated heterocycles. The van der Waals surface area contributed by atoms with E-state index in [1.807, 2.05) is 0 Å². The van der Waals surface area contributed by atoms with Crippen molar-refractivity contribution in [3.05, 3.63) is 30.3 Å². The summed E-state index contributed by atoms with van der Waals surface area (Å²) in [4.78, 5) is 0. The fourth-order valence-electron chi connectivity index (χ4n) is 0.771. The van der Waals surface area contributed by atoms with Crippen LogP contribution in [-0.4, -0.2) is 0 Å². The molecule has 0 fully saturated rings. The van der Waals surface area contributed by atoms with E-state index in [1.54, 1.807) is 3.87 Å². The van der Waals surface area contributed by atoms with Crippen LogP contribution in [0.4, 0.5) is 0 Å². The second-order valence-electron chi connectivity index (χ2n) is 2.37. The van der Waals surface area contributed by atoms with Crippen LogP contribution in [0.15, 0.2) is 30.3 Å². The molecule has 0 N–H and O–H groups in total. The molecule has 0 nitrogen and oxygen atoms in total. The second-order valence-corrected chi connectivity index (χ2v) is 6.39. The van der Waals surface area contributed by atoms with E-state index in [0.29, 0.717) is 0 Å². The first-order valence-electron chi connectivity index (χ1n) is 3.16. The summed E-state index contributed by atoms with van der Waals surface area (Å²) in [5.74, 6) is 0. The molecular weight excluding hydrogens is 144 g/mol. The molecule has 0 amide bonds. The van der Waals surface area contributed by atoms with Gasteiger partial charge in [0.25, 0.3) is 0 Å². The van der Waals surface area contributed by atoms with Crippen LogP contribution in [0.1, 0.15) is 0 Å². The number of benzene rings is 1. The minimum atomic E-state index is -0.766. The molecule has 0 aliphatic rings. The Bertz CT molecular complexity index is 167. The monoisotopic (exact) mass is 155 g/mol. The molecule has 0 unspecified atom stereocenters. The van der Waals surface area contributed by atoms with Gasteiger partial charge in [-0.25, -0.2) is 0 Å². The second kappa shape index (κ2) is 3.19. The van der Waals surface area contributed by atoms with Crippen molar-refractivity contribution in [3.8, 4) is 0 Å². The summed E-state index contributed by atoms with van der Waals surface area (Å²) < 4.78 is 1.58. The van der Waals surface area contributed by atoms with Crippen molar-refractivity contribution in [3.63, 3.8) is 0 Å². The van der Waals surface area contributed by atoms with Gasteiger partial charge >= 0.3 is 62.5 Å². The normalized spacial score (nSPS) is 9.11. The van der Waals surface area contributed by atoms with Crippen LogP contribution in [0.25, 0.3) is 0 Å². The molecule has 0 radical (unpaired) electrons. The summed E-state index contributed by atoms with van der Waals surface area (Å²) in [5.41, 5.74) is 0. The maximum atomic E-state index is 2.37. The first kappa shape index (κ1) is 7.05. The summed E-state index contributed by atoms with van der Waals surface area (Å²) >= 11 is -0.766. The SMILES string of the molecule is [CH3][Ti]([CH3])[c]1ccccc1. The van der Waals surface area contributed by atoms with Gasteiger partial charge in [-0.1, -0.05) is 0 Å². The number of rotatable bonds is 1. The number of hydrogen-bond acceptors (Lipinski definition) is 0. The van der Waals surface area contributed by atoms with Gasteiger partial charge in [-0.2, -0.15) is 0 Å². The van der Waals surface area contributed by atoms with Crippen LogP contribution < -0.4 is 3.87 Å². The van der Waals surface area contributed by atoms with Gasteiger partial charge in [0.15, 0.2) is 0 Å². The minimum absolute atomic E-state index is 0.766. The topological polar surface area (TPSA) is 0 Å². The van der Waals surface area contributed by atoms with E-state index < -0.39 is 17.9 Å². The Morgan fingerprint density at radius 1 is 1.00 bits per heavy atom. The van der Waals surface area contributed by atoms with Gasteiger partial charge < -0.3 is 0 Å². The van der Waals surface area contributed by atoms with Gasteiger partial charge in [-0.3, -0.25) is 0 Å². The van der Waals surface area contributed by atoms with Crippen molar-refractivity contribution in [1.82, 2.24) is 0 Å². The third-order valence-corrected chi connectivity index (χ3v) is 3.67. The van der Waals surface area contributed by atoms with Gasteiger partial charge in [0.1, 0.15) is 0 Å². The Kier molecular flexibility index (Phi) is 2.50. The zero-order valence-corrected chi connectivity index (χ0v) is 7.45. The van der Waals surface area contributed by atoms with Crippen LogP contribution in [-0.2, 0) is 17.9 Å². The van der Waals surface area contributed by atoms with Crippen molar-refractivity contribution in [2.75, 3.05) is 0 Å². The van der Waals surface area contributed by atoms with Crippen LogP contribution in [0.3, 0.4) is 0 Å². The molecule has 1 aromatic rings. The van der Waals surface area contributed by atoms with Crippen LogP contribution >= 0.6 is 0 Å². The van der Waals surface area contributed by atoms with Gasteiger partial charge in [-0.15, -0.1) is 0 Å². The predicted molar refractivity (Wildman–Crippen MR) is 37.8 cm³/mol. The first-order valence-corrected chi connectivity index (χ1v) is 7.06.